The number of hydrogen-bond donors (Lipinski definition) is 1. The molecule has 0 saturated carbocycles. The van der Waals surface area contributed by atoms with E-state index in [4.69, 9.17) is 4.74 Å². The molecule has 4 nitrogen and oxygen atoms in total. The molecule has 5 heteroatoms. The molecule has 17 heavy (non-hydrogen) atoms. The zero-order chi connectivity index (χ0) is 12.9. The van der Waals surface area contributed by atoms with Gasteiger partial charge in [-0.1, -0.05) is 24.6 Å². The van der Waals surface area contributed by atoms with Crippen LogP contribution in [0.1, 0.15) is 18.9 Å². The number of hydrogen-bond acceptors (Lipinski definition) is 3. The summed E-state index contributed by atoms with van der Waals surface area (Å²) in [6.07, 6.45) is 0.683. The average Bonchev–Trinajstić information content (AvgIpc) is 2.31. The predicted molar refractivity (Wildman–Crippen MR) is 67.5 cm³/mol. The second-order valence-electron chi connectivity index (χ2n) is 3.93. The van der Waals surface area contributed by atoms with Crippen molar-refractivity contribution in [1.82, 2.24) is 4.72 Å². The number of nitrogens with one attached hydrogen (secondary N) is 1. The Morgan fingerprint density at radius 1 is 1.29 bits per heavy atom. The van der Waals surface area contributed by atoms with Crippen molar-refractivity contribution in [3.63, 3.8) is 0 Å². The molecule has 0 amide bonds. The molecule has 1 aromatic carbocycles. The number of methoxy groups -OCH3 is 1. The highest BCUT2D eigenvalue weighted by Gasteiger charge is 2.15. The van der Waals surface area contributed by atoms with Crippen LogP contribution in [0.3, 0.4) is 0 Å². The second kappa shape index (κ2) is 6.14. The van der Waals surface area contributed by atoms with Crippen molar-refractivity contribution in [2.24, 2.45) is 0 Å². The van der Waals surface area contributed by atoms with Crippen molar-refractivity contribution in [2.45, 2.75) is 31.3 Å². The third-order valence-corrected chi connectivity index (χ3v) is 4.06. The van der Waals surface area contributed by atoms with E-state index in [1.165, 1.54) is 0 Å². The van der Waals surface area contributed by atoms with E-state index in [2.05, 4.69) is 4.72 Å². The minimum Gasteiger partial charge on any atom is -0.380 e. The van der Waals surface area contributed by atoms with E-state index in [1.54, 1.807) is 31.4 Å². The Morgan fingerprint density at radius 2 is 1.88 bits per heavy atom. The molecular formula is C12H19NO3S. The number of rotatable bonds is 6. The van der Waals surface area contributed by atoms with Gasteiger partial charge in [0.1, 0.15) is 0 Å². The zero-order valence-corrected chi connectivity index (χ0v) is 11.3. The van der Waals surface area contributed by atoms with Crippen LogP contribution in [0.5, 0.6) is 0 Å². The molecule has 0 aromatic heterocycles. The molecule has 1 unspecified atom stereocenters. The smallest absolute Gasteiger partial charge is 0.240 e. The van der Waals surface area contributed by atoms with Crippen molar-refractivity contribution in [3.05, 3.63) is 29.8 Å². The van der Waals surface area contributed by atoms with E-state index in [0.717, 1.165) is 12.0 Å². The fraction of sp³-hybridized carbons (Fsp3) is 0.500. The number of aryl methyl sites for hydroxylation is 1. The Morgan fingerprint density at radius 3 is 2.35 bits per heavy atom. The SMILES string of the molecule is CCC(CNS(=O)(=O)c1ccc(C)cc1)OC. The van der Waals surface area contributed by atoms with Crippen LogP contribution in [0.2, 0.25) is 0 Å². The Balaban J connectivity index is 2.72. The maximum Gasteiger partial charge on any atom is 0.240 e. The van der Waals surface area contributed by atoms with Gasteiger partial charge in [0, 0.05) is 13.7 Å². The average molecular weight is 257 g/mol. The highest BCUT2D eigenvalue weighted by atomic mass is 32.2. The van der Waals surface area contributed by atoms with Crippen LogP contribution in [0.4, 0.5) is 0 Å². The highest BCUT2D eigenvalue weighted by molar-refractivity contribution is 7.89. The van der Waals surface area contributed by atoms with Crippen LogP contribution < -0.4 is 4.72 Å². The largest absolute Gasteiger partial charge is 0.380 e. The fourth-order valence-electron chi connectivity index (χ4n) is 1.40. The molecule has 0 aliphatic carbocycles. The quantitative estimate of drug-likeness (QED) is 0.844. The summed E-state index contributed by atoms with van der Waals surface area (Å²) in [7, 11) is -1.84. The molecule has 0 bridgehead atoms. The summed E-state index contributed by atoms with van der Waals surface area (Å²) >= 11 is 0. The van der Waals surface area contributed by atoms with Crippen LogP contribution in [0.25, 0.3) is 0 Å². The lowest BCUT2D eigenvalue weighted by Crippen LogP contribution is -2.32. The Bertz CT molecular complexity index is 435. The zero-order valence-electron chi connectivity index (χ0n) is 10.4. The maximum absolute atomic E-state index is 11.9. The molecule has 1 atom stereocenters. The van der Waals surface area contributed by atoms with Crippen molar-refractivity contribution < 1.29 is 13.2 Å². The van der Waals surface area contributed by atoms with E-state index in [0.29, 0.717) is 6.54 Å². The van der Waals surface area contributed by atoms with E-state index in [9.17, 15) is 8.42 Å². The van der Waals surface area contributed by atoms with Crippen LogP contribution >= 0.6 is 0 Å². The molecule has 96 valence electrons. The van der Waals surface area contributed by atoms with E-state index in [1.807, 2.05) is 13.8 Å². The van der Waals surface area contributed by atoms with Gasteiger partial charge in [-0.3, -0.25) is 0 Å². The van der Waals surface area contributed by atoms with Gasteiger partial charge in [0.25, 0.3) is 0 Å². The third kappa shape index (κ3) is 4.11. The molecule has 0 radical (unpaired) electrons. The molecule has 1 rings (SSSR count). The first-order chi connectivity index (χ1) is 7.99. The van der Waals surface area contributed by atoms with E-state index in [-0.39, 0.29) is 11.0 Å². The lowest BCUT2D eigenvalue weighted by Gasteiger charge is -2.14. The fourth-order valence-corrected chi connectivity index (χ4v) is 2.46. The van der Waals surface area contributed by atoms with Gasteiger partial charge in [-0.15, -0.1) is 0 Å². The molecule has 1 N–H and O–H groups in total. The number of benzene rings is 1. The molecular weight excluding hydrogens is 238 g/mol. The summed E-state index contributed by atoms with van der Waals surface area (Å²) in [4.78, 5) is 0.286. The normalized spacial score (nSPS) is 13.6. The van der Waals surface area contributed by atoms with Gasteiger partial charge in [-0.05, 0) is 25.5 Å². The predicted octanol–water partition coefficient (Wildman–Crippen LogP) is 1.70. The first-order valence-electron chi connectivity index (χ1n) is 5.58. The van der Waals surface area contributed by atoms with Gasteiger partial charge in [0.2, 0.25) is 10.0 Å². The van der Waals surface area contributed by atoms with Gasteiger partial charge in [0.05, 0.1) is 11.0 Å². The van der Waals surface area contributed by atoms with Crippen LogP contribution in [0, 0.1) is 6.92 Å². The summed E-state index contributed by atoms with van der Waals surface area (Å²) in [6, 6.07) is 6.77. The Labute approximate surface area is 103 Å². The second-order valence-corrected chi connectivity index (χ2v) is 5.70. The van der Waals surface area contributed by atoms with Crippen molar-refractivity contribution in [3.8, 4) is 0 Å². The molecule has 0 spiro atoms. The lowest BCUT2D eigenvalue weighted by atomic mass is 10.2. The van der Waals surface area contributed by atoms with Gasteiger partial charge < -0.3 is 4.74 Å². The maximum atomic E-state index is 11.9. The molecule has 0 aliphatic heterocycles. The van der Waals surface area contributed by atoms with Crippen LogP contribution in [0.15, 0.2) is 29.2 Å². The summed E-state index contributed by atoms with van der Waals surface area (Å²) in [5, 5.41) is 0. The first-order valence-corrected chi connectivity index (χ1v) is 7.07. The van der Waals surface area contributed by atoms with Crippen LogP contribution in [-0.4, -0.2) is 28.2 Å². The minimum absolute atomic E-state index is 0.0878. The van der Waals surface area contributed by atoms with E-state index >= 15 is 0 Å². The minimum atomic E-state index is -3.42. The van der Waals surface area contributed by atoms with Crippen molar-refractivity contribution >= 4 is 10.0 Å². The lowest BCUT2D eigenvalue weighted by molar-refractivity contribution is 0.103. The van der Waals surface area contributed by atoms with Gasteiger partial charge >= 0.3 is 0 Å². The molecule has 0 aliphatic rings. The van der Waals surface area contributed by atoms with Crippen LogP contribution in [-0.2, 0) is 14.8 Å². The number of sulfonamides is 1. The highest BCUT2D eigenvalue weighted by Crippen LogP contribution is 2.10. The summed E-state index contributed by atoms with van der Waals surface area (Å²) in [6.45, 7) is 4.17. The molecule has 0 fully saturated rings. The summed E-state index contributed by atoms with van der Waals surface area (Å²) < 4.78 is 31.5. The van der Waals surface area contributed by atoms with E-state index < -0.39 is 10.0 Å². The Hall–Kier alpha value is -0.910. The standard InChI is InChI=1S/C12H19NO3S/c1-4-11(16-3)9-13-17(14,15)12-7-5-10(2)6-8-12/h5-8,11,13H,4,9H2,1-3H3. The van der Waals surface area contributed by atoms with Crippen molar-refractivity contribution in [2.75, 3.05) is 13.7 Å². The molecule has 0 heterocycles. The van der Waals surface area contributed by atoms with Crippen molar-refractivity contribution in [1.29, 1.82) is 0 Å². The summed E-state index contributed by atoms with van der Waals surface area (Å²) in [5.41, 5.74) is 1.03. The molecule has 0 saturated heterocycles. The Kier molecular flexibility index (Phi) is 5.11. The van der Waals surface area contributed by atoms with Gasteiger partial charge in [-0.2, -0.15) is 0 Å². The van der Waals surface area contributed by atoms with Gasteiger partial charge in [0.15, 0.2) is 0 Å². The summed E-state index contributed by atoms with van der Waals surface area (Å²) in [5.74, 6) is 0. The van der Waals surface area contributed by atoms with Gasteiger partial charge in [-0.25, -0.2) is 13.1 Å². The first kappa shape index (κ1) is 14.2. The number of ether oxygens (including phenoxy) is 1. The molecule has 1 aromatic rings. The third-order valence-electron chi connectivity index (χ3n) is 2.62. The monoisotopic (exact) mass is 257 g/mol. The topological polar surface area (TPSA) is 55.4 Å².